The third-order valence-electron chi connectivity index (χ3n) is 6.74. The number of H-pyrrole nitrogens is 2. The molecule has 0 unspecified atom stereocenters. The summed E-state index contributed by atoms with van der Waals surface area (Å²) in [5, 5.41) is 0. The molecule has 3 atom stereocenters. The molecule has 0 bridgehead atoms. The molecular formula is C21H38N2O6Si2. The maximum absolute atomic E-state index is 12.4. The number of hydrogen-bond acceptors (Lipinski definition) is 6. The van der Waals surface area contributed by atoms with Crippen molar-refractivity contribution in [1.82, 2.24) is 9.97 Å². The lowest BCUT2D eigenvalue weighted by Crippen LogP contribution is -2.65. The SMILES string of the molecule is CC(C)[Si]1(C(C)C)OC[C@H]2O[C@@H](c3c[nH]c(=O)[nH]c3=O)C[C@@H]2O[Si](C(C)C)(C(C)C)O1. The molecule has 0 saturated carbocycles. The van der Waals surface area contributed by atoms with Crippen molar-refractivity contribution < 1.29 is 17.7 Å². The maximum atomic E-state index is 12.4. The van der Waals surface area contributed by atoms with Crippen LogP contribution in [0, 0.1) is 0 Å². The van der Waals surface area contributed by atoms with E-state index in [2.05, 4.69) is 65.4 Å². The van der Waals surface area contributed by atoms with Crippen LogP contribution in [0.25, 0.3) is 0 Å². The molecule has 3 heterocycles. The van der Waals surface area contributed by atoms with Crippen LogP contribution in [0.2, 0.25) is 22.2 Å². The Bertz CT molecular complexity index is 865. The molecule has 1 aromatic rings. The van der Waals surface area contributed by atoms with Crippen LogP contribution in [0.15, 0.2) is 15.8 Å². The van der Waals surface area contributed by atoms with Crippen LogP contribution in [0.1, 0.15) is 73.5 Å². The Balaban J connectivity index is 2.02. The van der Waals surface area contributed by atoms with E-state index < -0.39 is 34.5 Å². The van der Waals surface area contributed by atoms with Crippen molar-refractivity contribution in [2.75, 3.05) is 6.61 Å². The average Bonchev–Trinajstić information content (AvgIpc) is 3.02. The predicted octanol–water partition coefficient (Wildman–Crippen LogP) is 3.85. The van der Waals surface area contributed by atoms with Crippen molar-refractivity contribution in [2.45, 2.75) is 102 Å². The van der Waals surface area contributed by atoms with Gasteiger partial charge in [0.1, 0.15) is 6.10 Å². The summed E-state index contributed by atoms with van der Waals surface area (Å²) < 4.78 is 27.1. The van der Waals surface area contributed by atoms with Gasteiger partial charge >= 0.3 is 22.8 Å². The number of aromatic amines is 2. The van der Waals surface area contributed by atoms with Gasteiger partial charge in [-0.15, -0.1) is 0 Å². The lowest BCUT2D eigenvalue weighted by atomic mass is 10.1. The Morgan fingerprint density at radius 2 is 1.48 bits per heavy atom. The maximum Gasteiger partial charge on any atom is 0.335 e. The molecule has 10 heteroatoms. The summed E-state index contributed by atoms with van der Waals surface area (Å²) in [4.78, 5) is 28.6. The summed E-state index contributed by atoms with van der Waals surface area (Å²) in [5.41, 5.74) is 0.441. The van der Waals surface area contributed by atoms with E-state index in [-0.39, 0.29) is 34.4 Å². The van der Waals surface area contributed by atoms with Crippen molar-refractivity contribution in [3.05, 3.63) is 32.6 Å². The van der Waals surface area contributed by atoms with E-state index in [0.717, 1.165) is 0 Å². The third-order valence-corrected chi connectivity index (χ3v) is 17.0. The van der Waals surface area contributed by atoms with Crippen LogP contribution in [0.5, 0.6) is 0 Å². The highest BCUT2D eigenvalue weighted by Crippen LogP contribution is 2.48. The molecule has 2 aliphatic heterocycles. The van der Waals surface area contributed by atoms with Crippen LogP contribution >= 0.6 is 0 Å². The van der Waals surface area contributed by atoms with Crippen molar-refractivity contribution in [1.29, 1.82) is 0 Å². The zero-order valence-electron chi connectivity index (χ0n) is 20.0. The molecule has 8 nitrogen and oxygen atoms in total. The molecule has 0 radical (unpaired) electrons. The fourth-order valence-electron chi connectivity index (χ4n) is 5.01. The summed E-state index contributed by atoms with van der Waals surface area (Å²) in [5.74, 6) is 0. The van der Waals surface area contributed by atoms with Gasteiger partial charge in [-0.1, -0.05) is 55.4 Å². The van der Waals surface area contributed by atoms with Gasteiger partial charge in [0.05, 0.1) is 24.4 Å². The van der Waals surface area contributed by atoms with Crippen molar-refractivity contribution in [2.24, 2.45) is 0 Å². The molecule has 31 heavy (non-hydrogen) atoms. The highest BCUT2D eigenvalue weighted by Gasteiger charge is 2.60. The minimum absolute atomic E-state index is 0.223. The van der Waals surface area contributed by atoms with Crippen molar-refractivity contribution in [3.8, 4) is 0 Å². The lowest BCUT2D eigenvalue weighted by Gasteiger charge is -2.51. The number of nitrogens with one attached hydrogen (secondary N) is 2. The smallest absolute Gasteiger partial charge is 0.335 e. The van der Waals surface area contributed by atoms with Gasteiger partial charge < -0.3 is 22.7 Å². The Labute approximate surface area is 186 Å². The first-order valence-electron chi connectivity index (χ1n) is 11.4. The van der Waals surface area contributed by atoms with Crippen LogP contribution in [-0.2, 0) is 17.7 Å². The second kappa shape index (κ2) is 9.07. The molecule has 2 N–H and O–H groups in total. The number of hydrogen-bond donors (Lipinski definition) is 2. The highest BCUT2D eigenvalue weighted by molar-refractivity contribution is 6.83. The Morgan fingerprint density at radius 3 is 2.00 bits per heavy atom. The van der Waals surface area contributed by atoms with Gasteiger partial charge in [0.25, 0.3) is 5.56 Å². The highest BCUT2D eigenvalue weighted by atomic mass is 28.5. The molecule has 0 aromatic carbocycles. The van der Waals surface area contributed by atoms with Crippen LogP contribution in [-0.4, -0.2) is 45.9 Å². The van der Waals surface area contributed by atoms with E-state index in [4.69, 9.17) is 17.7 Å². The van der Waals surface area contributed by atoms with E-state index in [9.17, 15) is 9.59 Å². The van der Waals surface area contributed by atoms with E-state index in [0.29, 0.717) is 18.6 Å². The van der Waals surface area contributed by atoms with E-state index in [1.807, 2.05) is 0 Å². The molecule has 2 aliphatic rings. The van der Waals surface area contributed by atoms with E-state index in [1.54, 1.807) is 0 Å². The largest absolute Gasteiger partial charge is 0.414 e. The second-order valence-electron chi connectivity index (χ2n) is 10.1. The Morgan fingerprint density at radius 1 is 0.903 bits per heavy atom. The molecule has 176 valence electrons. The molecule has 0 spiro atoms. The van der Waals surface area contributed by atoms with Crippen molar-refractivity contribution >= 4 is 17.1 Å². The van der Waals surface area contributed by atoms with Gasteiger partial charge in [-0.2, -0.15) is 0 Å². The standard InChI is InChI=1S/C21H38N2O6Si2/c1-12(2)30(13(3)4)26-11-19-18(28-31(29-30,14(5)6)15(7)8)9-17(27-19)16-10-22-21(25)23-20(16)24/h10,12-15,17-19H,9,11H2,1-8H3,(H2,22,23,24,25)/t17-,18+,19-/m1/s1. The third kappa shape index (κ3) is 4.42. The summed E-state index contributed by atoms with van der Waals surface area (Å²) in [6, 6.07) is 0. The normalized spacial score (nSPS) is 28.2. The summed E-state index contributed by atoms with van der Waals surface area (Å²) in [7, 11) is -5.33. The minimum Gasteiger partial charge on any atom is -0.414 e. The lowest BCUT2D eigenvalue weighted by molar-refractivity contribution is -0.0389. The number of fused-ring (bicyclic) bond motifs is 1. The first-order valence-corrected chi connectivity index (χ1v) is 15.4. The molecule has 0 aliphatic carbocycles. The fourth-order valence-corrected chi connectivity index (χ4v) is 16.2. The van der Waals surface area contributed by atoms with E-state index in [1.165, 1.54) is 6.20 Å². The molecular weight excluding hydrogens is 432 g/mol. The molecule has 0 amide bonds. The predicted molar refractivity (Wildman–Crippen MR) is 124 cm³/mol. The quantitative estimate of drug-likeness (QED) is 0.634. The molecule has 3 rings (SSSR count). The summed E-state index contributed by atoms with van der Waals surface area (Å²) in [6.45, 7) is 17.8. The van der Waals surface area contributed by atoms with E-state index >= 15 is 0 Å². The zero-order valence-corrected chi connectivity index (χ0v) is 22.0. The summed E-state index contributed by atoms with van der Waals surface area (Å²) >= 11 is 0. The first kappa shape index (κ1) is 24.6. The number of rotatable bonds is 5. The second-order valence-corrected chi connectivity index (χ2v) is 18.9. The van der Waals surface area contributed by atoms with Crippen LogP contribution in [0.4, 0.5) is 0 Å². The Hall–Kier alpha value is -1.05. The topological polar surface area (TPSA) is 103 Å². The minimum atomic E-state index is -2.71. The monoisotopic (exact) mass is 470 g/mol. The number of aromatic nitrogens is 2. The van der Waals surface area contributed by atoms with Gasteiger partial charge in [-0.05, 0) is 22.2 Å². The molecule has 2 saturated heterocycles. The van der Waals surface area contributed by atoms with Crippen LogP contribution in [0.3, 0.4) is 0 Å². The van der Waals surface area contributed by atoms with Gasteiger partial charge in [0.15, 0.2) is 0 Å². The van der Waals surface area contributed by atoms with Gasteiger partial charge in [0, 0.05) is 12.6 Å². The van der Waals surface area contributed by atoms with Gasteiger partial charge in [-0.25, -0.2) is 4.79 Å². The fraction of sp³-hybridized carbons (Fsp3) is 0.810. The first-order chi connectivity index (χ1) is 14.4. The number of ether oxygens (including phenoxy) is 1. The average molecular weight is 471 g/mol. The molecule has 2 fully saturated rings. The van der Waals surface area contributed by atoms with Gasteiger partial charge in [-0.3, -0.25) is 9.78 Å². The Kier molecular flexibility index (Phi) is 7.19. The summed E-state index contributed by atoms with van der Waals surface area (Å²) in [6.07, 6.45) is 1.00. The van der Waals surface area contributed by atoms with Crippen molar-refractivity contribution in [3.63, 3.8) is 0 Å². The van der Waals surface area contributed by atoms with Crippen LogP contribution < -0.4 is 11.2 Å². The molecule has 1 aromatic heterocycles. The zero-order chi connectivity index (χ0) is 23.1. The van der Waals surface area contributed by atoms with Gasteiger partial charge in [0.2, 0.25) is 0 Å².